The molecule has 1 aromatic carbocycles. The molecule has 168 valence electrons. The van der Waals surface area contributed by atoms with Gasteiger partial charge in [0.15, 0.2) is 5.96 Å². The van der Waals surface area contributed by atoms with Crippen LogP contribution in [0.2, 0.25) is 0 Å². The Morgan fingerprint density at radius 1 is 1.23 bits per heavy atom. The molecule has 8 heteroatoms. The summed E-state index contributed by atoms with van der Waals surface area (Å²) in [4.78, 5) is 20.5. The summed E-state index contributed by atoms with van der Waals surface area (Å²) in [5, 5.41) is 7.00. The number of guanidine groups is 1. The molecule has 0 aliphatic carbocycles. The van der Waals surface area contributed by atoms with Crippen LogP contribution in [0.15, 0.2) is 29.3 Å². The van der Waals surface area contributed by atoms with Gasteiger partial charge in [-0.2, -0.15) is 0 Å². The molecule has 2 aliphatic rings. The number of nitrogens with one attached hydrogen (secondary N) is 2. The molecule has 2 N–H and O–H groups in total. The van der Waals surface area contributed by atoms with Crippen LogP contribution >= 0.6 is 24.0 Å². The van der Waals surface area contributed by atoms with Crippen molar-refractivity contribution < 1.29 is 9.53 Å². The molecular formula is C22H36IN5O2. The first kappa shape index (κ1) is 24.7. The number of piperidine rings is 1. The predicted molar refractivity (Wildman–Crippen MR) is 132 cm³/mol. The van der Waals surface area contributed by atoms with E-state index in [2.05, 4.69) is 51.7 Å². The van der Waals surface area contributed by atoms with Gasteiger partial charge >= 0.3 is 6.09 Å². The van der Waals surface area contributed by atoms with Crippen molar-refractivity contribution in [1.29, 1.82) is 0 Å². The Labute approximate surface area is 197 Å². The van der Waals surface area contributed by atoms with Crippen LogP contribution in [0.5, 0.6) is 0 Å². The first-order valence-corrected chi connectivity index (χ1v) is 10.8. The summed E-state index contributed by atoms with van der Waals surface area (Å²) in [5.74, 6) is 0.837. The minimum Gasteiger partial charge on any atom is -0.450 e. The van der Waals surface area contributed by atoms with Gasteiger partial charge in [0.2, 0.25) is 0 Å². The van der Waals surface area contributed by atoms with Gasteiger partial charge < -0.3 is 20.3 Å². The van der Waals surface area contributed by atoms with Crippen LogP contribution in [-0.4, -0.2) is 73.8 Å². The van der Waals surface area contributed by atoms with Gasteiger partial charge in [0, 0.05) is 51.9 Å². The highest BCUT2D eigenvalue weighted by atomic mass is 127. The molecule has 1 atom stereocenters. The topological polar surface area (TPSA) is 69.2 Å². The monoisotopic (exact) mass is 529 g/mol. The third-order valence-electron chi connectivity index (χ3n) is 5.93. The second-order valence-corrected chi connectivity index (χ2v) is 7.90. The molecule has 0 spiro atoms. The van der Waals surface area contributed by atoms with E-state index in [1.54, 1.807) is 4.90 Å². The molecule has 0 bridgehead atoms. The van der Waals surface area contributed by atoms with Gasteiger partial charge in [0.25, 0.3) is 0 Å². The maximum absolute atomic E-state index is 11.8. The quantitative estimate of drug-likeness (QED) is 0.349. The molecule has 0 aromatic heterocycles. The Hall–Kier alpha value is -1.55. The van der Waals surface area contributed by atoms with Gasteiger partial charge in [0.05, 0.1) is 6.61 Å². The molecule has 2 heterocycles. The average molecular weight is 529 g/mol. The number of hydrogen-bond donors (Lipinski definition) is 2. The fraction of sp³-hybridized carbons (Fsp3) is 0.636. The summed E-state index contributed by atoms with van der Waals surface area (Å²) in [7, 11) is 1.81. The molecule has 3 rings (SSSR count). The first-order valence-electron chi connectivity index (χ1n) is 10.8. The van der Waals surface area contributed by atoms with E-state index in [1.165, 1.54) is 11.1 Å². The second-order valence-electron chi connectivity index (χ2n) is 7.90. The molecule has 1 saturated heterocycles. The summed E-state index contributed by atoms with van der Waals surface area (Å²) >= 11 is 0. The van der Waals surface area contributed by atoms with E-state index in [1.807, 2.05) is 14.0 Å². The molecule has 1 amide bonds. The highest BCUT2D eigenvalue weighted by Crippen LogP contribution is 2.20. The Bertz CT molecular complexity index is 707. The third kappa shape index (κ3) is 6.73. The summed E-state index contributed by atoms with van der Waals surface area (Å²) < 4.78 is 5.09. The van der Waals surface area contributed by atoms with Gasteiger partial charge in [-0.3, -0.25) is 9.89 Å². The van der Waals surface area contributed by atoms with Crippen LogP contribution in [0.25, 0.3) is 0 Å². The molecule has 30 heavy (non-hydrogen) atoms. The number of fused-ring (bicyclic) bond motifs is 1. The van der Waals surface area contributed by atoms with Crippen LogP contribution < -0.4 is 10.6 Å². The van der Waals surface area contributed by atoms with Crippen molar-refractivity contribution >= 4 is 36.0 Å². The zero-order valence-electron chi connectivity index (χ0n) is 18.4. The van der Waals surface area contributed by atoms with E-state index in [9.17, 15) is 4.79 Å². The molecule has 1 aromatic rings. The third-order valence-corrected chi connectivity index (χ3v) is 5.93. The van der Waals surface area contributed by atoms with Crippen molar-refractivity contribution in [2.45, 2.75) is 51.7 Å². The molecule has 0 radical (unpaired) electrons. The van der Waals surface area contributed by atoms with E-state index in [0.29, 0.717) is 18.7 Å². The number of nitrogens with zero attached hydrogens (tertiary/aromatic N) is 3. The van der Waals surface area contributed by atoms with E-state index >= 15 is 0 Å². The Morgan fingerprint density at radius 3 is 2.60 bits per heavy atom. The van der Waals surface area contributed by atoms with E-state index < -0.39 is 0 Å². The van der Waals surface area contributed by atoms with Gasteiger partial charge in [-0.15, -0.1) is 24.0 Å². The van der Waals surface area contributed by atoms with E-state index in [-0.39, 0.29) is 30.1 Å². The Balaban J connectivity index is 0.00000320. The summed E-state index contributed by atoms with van der Waals surface area (Å²) in [6.07, 6.45) is 2.72. The number of hydrogen-bond acceptors (Lipinski definition) is 4. The lowest BCUT2D eigenvalue weighted by atomic mass is 9.99. The van der Waals surface area contributed by atoms with Crippen molar-refractivity contribution in [3.05, 3.63) is 35.4 Å². The Kier molecular flexibility index (Phi) is 10.2. The molecule has 7 nitrogen and oxygen atoms in total. The van der Waals surface area contributed by atoms with Gasteiger partial charge in [-0.25, -0.2) is 4.79 Å². The fourth-order valence-electron chi connectivity index (χ4n) is 4.08. The van der Waals surface area contributed by atoms with Gasteiger partial charge in [-0.1, -0.05) is 24.3 Å². The number of amides is 1. The lowest BCUT2D eigenvalue weighted by Gasteiger charge is -2.35. The normalized spacial score (nSPS) is 18.8. The number of halogens is 1. The van der Waals surface area contributed by atoms with Crippen LogP contribution in [0.4, 0.5) is 4.79 Å². The van der Waals surface area contributed by atoms with Crippen LogP contribution in [0, 0.1) is 0 Å². The number of likely N-dealkylation sites (tertiary alicyclic amines) is 1. The Morgan fingerprint density at radius 2 is 1.93 bits per heavy atom. The van der Waals surface area contributed by atoms with Crippen LogP contribution in [0.3, 0.4) is 0 Å². The molecule has 1 fully saturated rings. The maximum Gasteiger partial charge on any atom is 0.409 e. The average Bonchev–Trinajstić information content (AvgIpc) is 2.76. The molecular weight excluding hydrogens is 493 g/mol. The fourth-order valence-corrected chi connectivity index (χ4v) is 4.08. The van der Waals surface area contributed by atoms with Crippen molar-refractivity contribution in [2.24, 2.45) is 4.99 Å². The minimum atomic E-state index is -0.203. The van der Waals surface area contributed by atoms with E-state index in [0.717, 1.165) is 57.9 Å². The second kappa shape index (κ2) is 12.3. The molecule has 0 saturated carbocycles. The van der Waals surface area contributed by atoms with Crippen molar-refractivity contribution in [1.82, 2.24) is 20.4 Å². The standard InChI is InChI=1S/C22H35N5O2.HI/c1-4-29-22(28)26-13-10-20(11-14-26)25-21(23-3)24-15-17(2)27-12-9-18-7-5-6-8-19(18)16-27;/h5-8,17,20H,4,9-16H2,1-3H3,(H2,23,24,25);1H. The largest absolute Gasteiger partial charge is 0.450 e. The van der Waals surface area contributed by atoms with Crippen molar-refractivity contribution in [2.75, 3.05) is 39.8 Å². The van der Waals surface area contributed by atoms with Gasteiger partial charge in [0.1, 0.15) is 0 Å². The molecule has 1 unspecified atom stereocenters. The van der Waals surface area contributed by atoms with Crippen molar-refractivity contribution in [3.63, 3.8) is 0 Å². The minimum absolute atomic E-state index is 0. The lowest BCUT2D eigenvalue weighted by molar-refractivity contribution is 0.0963. The number of rotatable bonds is 5. The number of aliphatic imine (C=N–C) groups is 1. The zero-order chi connectivity index (χ0) is 20.6. The maximum atomic E-state index is 11.8. The summed E-state index contributed by atoms with van der Waals surface area (Å²) in [6, 6.07) is 9.49. The number of benzene rings is 1. The zero-order valence-corrected chi connectivity index (χ0v) is 20.7. The number of carbonyl (C=O) groups is 1. The van der Waals surface area contributed by atoms with Crippen LogP contribution in [0.1, 0.15) is 37.8 Å². The highest BCUT2D eigenvalue weighted by Gasteiger charge is 2.25. The highest BCUT2D eigenvalue weighted by molar-refractivity contribution is 14.0. The smallest absolute Gasteiger partial charge is 0.409 e. The molecule has 2 aliphatic heterocycles. The van der Waals surface area contributed by atoms with E-state index in [4.69, 9.17) is 4.74 Å². The van der Waals surface area contributed by atoms with Gasteiger partial charge in [-0.05, 0) is 44.2 Å². The summed E-state index contributed by atoms with van der Waals surface area (Å²) in [6.45, 7) is 8.93. The SMILES string of the molecule is CCOC(=O)N1CCC(NC(=NC)NCC(C)N2CCc3ccccc3C2)CC1.I. The number of ether oxygens (including phenoxy) is 1. The lowest BCUT2D eigenvalue weighted by Crippen LogP contribution is -2.52. The predicted octanol–water partition coefficient (Wildman–Crippen LogP) is 2.84. The summed E-state index contributed by atoms with van der Waals surface area (Å²) in [5.41, 5.74) is 2.93. The number of carbonyl (C=O) groups excluding carboxylic acids is 1. The van der Waals surface area contributed by atoms with Crippen molar-refractivity contribution in [3.8, 4) is 0 Å². The first-order chi connectivity index (χ1) is 14.1. The van der Waals surface area contributed by atoms with Crippen LogP contribution in [-0.2, 0) is 17.7 Å².